The van der Waals surface area contributed by atoms with E-state index in [0.717, 1.165) is 19.6 Å². The highest BCUT2D eigenvalue weighted by Gasteiger charge is 1.97. The van der Waals surface area contributed by atoms with Crippen LogP contribution in [0.3, 0.4) is 0 Å². The van der Waals surface area contributed by atoms with Gasteiger partial charge in [0.15, 0.2) is 0 Å². The molecule has 3 heteroatoms. The topological polar surface area (TPSA) is 17.0 Å². The molecule has 2 nitrogen and oxygen atoms in total. The Morgan fingerprint density at radius 3 is 3.00 bits per heavy atom. The highest BCUT2D eigenvalue weighted by atomic mass is 32.2. The highest BCUT2D eigenvalue weighted by Crippen LogP contribution is 2.02. The normalized spacial score (nSPS) is 10.8. The molecule has 1 aromatic heterocycles. The first-order valence-corrected chi connectivity index (χ1v) is 7.11. The van der Waals surface area contributed by atoms with E-state index < -0.39 is 0 Å². The number of aromatic nitrogens is 1. The van der Waals surface area contributed by atoms with Crippen LogP contribution in [0.1, 0.15) is 25.5 Å². The lowest BCUT2D eigenvalue weighted by molar-refractivity contribution is 0.606. The second-order valence-electron chi connectivity index (χ2n) is 3.66. The third-order valence-electron chi connectivity index (χ3n) is 2.52. The number of nitrogens with one attached hydrogen (secondary N) is 1. The Balaban J connectivity index is 2.09. The van der Waals surface area contributed by atoms with E-state index in [4.69, 9.17) is 0 Å². The fraction of sp³-hybridized carbons (Fsp3) is 0.667. The van der Waals surface area contributed by atoms with Gasteiger partial charge in [-0.2, -0.15) is 11.8 Å². The van der Waals surface area contributed by atoms with E-state index in [-0.39, 0.29) is 0 Å². The average Bonchev–Trinajstić information content (AvgIpc) is 2.70. The monoisotopic (exact) mass is 226 g/mol. The molecular weight excluding hydrogens is 204 g/mol. The third kappa shape index (κ3) is 4.76. The minimum absolute atomic E-state index is 1.00. The summed E-state index contributed by atoms with van der Waals surface area (Å²) in [5, 5.41) is 3.49. The van der Waals surface area contributed by atoms with Crippen LogP contribution in [0.25, 0.3) is 0 Å². The number of rotatable bonds is 8. The van der Waals surface area contributed by atoms with Crippen molar-refractivity contribution in [2.24, 2.45) is 0 Å². The molecule has 0 radical (unpaired) electrons. The quantitative estimate of drug-likeness (QED) is 0.686. The number of hydrogen-bond acceptors (Lipinski definition) is 2. The summed E-state index contributed by atoms with van der Waals surface area (Å²) < 4.78 is 2.29. The van der Waals surface area contributed by atoms with Crippen molar-refractivity contribution >= 4 is 11.8 Å². The lowest BCUT2D eigenvalue weighted by Crippen LogP contribution is -2.17. The molecule has 0 fully saturated rings. The zero-order valence-electron chi connectivity index (χ0n) is 9.83. The second kappa shape index (κ2) is 7.83. The molecule has 0 aliphatic heterocycles. The van der Waals surface area contributed by atoms with Crippen LogP contribution in [0, 0.1) is 0 Å². The third-order valence-corrected chi connectivity index (χ3v) is 3.22. The lowest BCUT2D eigenvalue weighted by Gasteiger charge is -2.07. The largest absolute Gasteiger partial charge is 0.351 e. The number of hydrogen-bond donors (Lipinski definition) is 1. The zero-order chi connectivity index (χ0) is 10.9. The van der Waals surface area contributed by atoms with Crippen molar-refractivity contribution in [2.45, 2.75) is 32.9 Å². The smallest absolute Gasteiger partial charge is 0.0359 e. The standard InChI is InChI=1S/C12H22N2S/c1-3-14-9-6-7-12(14)11-13-8-4-5-10-15-2/h6-7,9,13H,3-5,8,10-11H2,1-2H3. The Hall–Kier alpha value is -0.410. The van der Waals surface area contributed by atoms with Crippen LogP contribution >= 0.6 is 11.8 Å². The number of unbranched alkanes of at least 4 members (excludes halogenated alkanes) is 1. The molecule has 1 rings (SSSR count). The van der Waals surface area contributed by atoms with Gasteiger partial charge in [0.2, 0.25) is 0 Å². The van der Waals surface area contributed by atoms with Gasteiger partial charge in [-0.3, -0.25) is 0 Å². The van der Waals surface area contributed by atoms with Gasteiger partial charge in [0, 0.05) is 25.0 Å². The van der Waals surface area contributed by atoms with Gasteiger partial charge in [-0.15, -0.1) is 0 Å². The van der Waals surface area contributed by atoms with E-state index in [1.54, 1.807) is 0 Å². The number of thioether (sulfide) groups is 1. The van der Waals surface area contributed by atoms with Crippen molar-refractivity contribution in [2.75, 3.05) is 18.6 Å². The van der Waals surface area contributed by atoms with Gasteiger partial charge >= 0.3 is 0 Å². The first kappa shape index (κ1) is 12.7. The maximum atomic E-state index is 3.49. The van der Waals surface area contributed by atoms with Crippen molar-refractivity contribution in [3.63, 3.8) is 0 Å². The molecule has 1 N–H and O–H groups in total. The first-order chi connectivity index (χ1) is 7.38. The molecule has 0 spiro atoms. The van der Waals surface area contributed by atoms with E-state index in [0.29, 0.717) is 0 Å². The zero-order valence-corrected chi connectivity index (χ0v) is 10.6. The maximum absolute atomic E-state index is 3.49. The van der Waals surface area contributed by atoms with Gasteiger partial charge in [-0.1, -0.05) is 0 Å². The van der Waals surface area contributed by atoms with E-state index in [9.17, 15) is 0 Å². The molecule has 0 aromatic carbocycles. The van der Waals surface area contributed by atoms with Crippen LogP contribution in [0.2, 0.25) is 0 Å². The van der Waals surface area contributed by atoms with Crippen LogP contribution in [0.5, 0.6) is 0 Å². The SMILES string of the molecule is CCn1cccc1CNCCCCSC. The lowest BCUT2D eigenvalue weighted by atomic mass is 10.3. The molecule has 0 amide bonds. The predicted molar refractivity (Wildman–Crippen MR) is 69.4 cm³/mol. The summed E-state index contributed by atoms with van der Waals surface area (Å²) in [6, 6.07) is 4.31. The van der Waals surface area contributed by atoms with Gasteiger partial charge in [-0.25, -0.2) is 0 Å². The van der Waals surface area contributed by atoms with Gasteiger partial charge in [-0.05, 0) is 50.5 Å². The summed E-state index contributed by atoms with van der Waals surface area (Å²) in [5.74, 6) is 1.28. The minimum atomic E-state index is 1.00. The molecular formula is C12H22N2S. The fourth-order valence-electron chi connectivity index (χ4n) is 1.63. The fourth-order valence-corrected chi connectivity index (χ4v) is 2.12. The summed E-state index contributed by atoms with van der Waals surface area (Å²) in [6.45, 7) is 5.38. The van der Waals surface area contributed by atoms with Crippen LogP contribution in [0.15, 0.2) is 18.3 Å². The molecule has 1 aromatic rings. The van der Waals surface area contributed by atoms with Crippen molar-refractivity contribution in [3.8, 4) is 0 Å². The minimum Gasteiger partial charge on any atom is -0.351 e. The van der Waals surface area contributed by atoms with Crippen molar-refractivity contribution in [1.29, 1.82) is 0 Å². The Morgan fingerprint density at radius 1 is 1.40 bits per heavy atom. The Bertz CT molecular complexity index is 258. The molecule has 0 atom stereocenters. The summed E-state index contributed by atoms with van der Waals surface area (Å²) in [4.78, 5) is 0. The molecule has 0 bridgehead atoms. The van der Waals surface area contributed by atoms with Gasteiger partial charge in [0.25, 0.3) is 0 Å². The average molecular weight is 226 g/mol. The molecule has 86 valence electrons. The summed E-state index contributed by atoms with van der Waals surface area (Å²) in [5.41, 5.74) is 1.39. The summed E-state index contributed by atoms with van der Waals surface area (Å²) in [6.07, 6.45) is 6.92. The highest BCUT2D eigenvalue weighted by molar-refractivity contribution is 7.98. The Labute approximate surface area is 97.4 Å². The Kier molecular flexibility index (Phi) is 6.60. The van der Waals surface area contributed by atoms with Gasteiger partial charge in [0.1, 0.15) is 0 Å². The van der Waals surface area contributed by atoms with Crippen LogP contribution in [-0.2, 0) is 13.1 Å². The molecule has 0 saturated heterocycles. The van der Waals surface area contributed by atoms with Gasteiger partial charge in [0.05, 0.1) is 0 Å². The van der Waals surface area contributed by atoms with E-state index in [1.807, 2.05) is 11.8 Å². The number of nitrogens with zero attached hydrogens (tertiary/aromatic N) is 1. The molecule has 15 heavy (non-hydrogen) atoms. The van der Waals surface area contributed by atoms with Gasteiger partial charge < -0.3 is 9.88 Å². The first-order valence-electron chi connectivity index (χ1n) is 5.72. The van der Waals surface area contributed by atoms with E-state index >= 15 is 0 Å². The summed E-state index contributed by atoms with van der Waals surface area (Å²) >= 11 is 1.93. The predicted octanol–water partition coefficient (Wildman–Crippen LogP) is 2.74. The van der Waals surface area contributed by atoms with Crippen molar-refractivity contribution in [3.05, 3.63) is 24.0 Å². The second-order valence-corrected chi connectivity index (χ2v) is 4.65. The van der Waals surface area contributed by atoms with E-state index in [1.165, 1.54) is 24.3 Å². The molecule has 0 unspecified atom stereocenters. The molecule has 0 aliphatic carbocycles. The van der Waals surface area contributed by atoms with Crippen LogP contribution in [-0.4, -0.2) is 23.1 Å². The van der Waals surface area contributed by atoms with Crippen molar-refractivity contribution in [1.82, 2.24) is 9.88 Å². The number of aryl methyl sites for hydroxylation is 1. The molecule has 0 aliphatic rings. The van der Waals surface area contributed by atoms with Crippen molar-refractivity contribution < 1.29 is 0 Å². The van der Waals surface area contributed by atoms with E-state index in [2.05, 4.69) is 41.4 Å². The maximum Gasteiger partial charge on any atom is 0.0359 e. The molecule has 0 saturated carbocycles. The Morgan fingerprint density at radius 2 is 2.27 bits per heavy atom. The summed E-state index contributed by atoms with van der Waals surface area (Å²) in [7, 11) is 0. The van der Waals surface area contributed by atoms with Crippen LogP contribution < -0.4 is 5.32 Å². The molecule has 1 heterocycles. The van der Waals surface area contributed by atoms with Crippen LogP contribution in [0.4, 0.5) is 0 Å².